The number of rotatable bonds is 6. The van der Waals surface area contributed by atoms with Crippen LogP contribution >= 0.6 is 27.3 Å². The number of amides is 1. The third-order valence-corrected chi connectivity index (χ3v) is 4.45. The van der Waals surface area contributed by atoms with E-state index in [0.29, 0.717) is 11.6 Å². The Kier molecular flexibility index (Phi) is 5.90. The van der Waals surface area contributed by atoms with Crippen LogP contribution in [0, 0.1) is 0 Å². The lowest BCUT2D eigenvalue weighted by molar-refractivity contribution is -0.117. The van der Waals surface area contributed by atoms with Gasteiger partial charge in [-0.1, -0.05) is 41.4 Å². The van der Waals surface area contributed by atoms with Gasteiger partial charge in [0, 0.05) is 22.0 Å². The van der Waals surface area contributed by atoms with Crippen molar-refractivity contribution in [1.29, 1.82) is 0 Å². The zero-order chi connectivity index (χ0) is 15.2. The summed E-state index contributed by atoms with van der Waals surface area (Å²) >= 11 is 4.90. The number of anilines is 1. The van der Waals surface area contributed by atoms with Gasteiger partial charge in [0.15, 0.2) is 5.13 Å². The van der Waals surface area contributed by atoms with Crippen LogP contribution in [0.15, 0.2) is 34.9 Å². The van der Waals surface area contributed by atoms with E-state index in [1.165, 1.54) is 16.9 Å². The smallest absolute Gasteiger partial charge is 0.243 e. The van der Waals surface area contributed by atoms with E-state index in [4.69, 9.17) is 5.73 Å². The molecule has 0 aliphatic carbocycles. The Morgan fingerprint density at radius 2 is 2.14 bits per heavy atom. The lowest BCUT2D eigenvalue weighted by Crippen LogP contribution is -2.35. The molecule has 2 aromatic rings. The fraction of sp³-hybridized carbons (Fsp3) is 0.333. The molecule has 3 N–H and O–H groups in total. The third kappa shape index (κ3) is 4.91. The highest BCUT2D eigenvalue weighted by Gasteiger charge is 2.14. The van der Waals surface area contributed by atoms with E-state index in [0.717, 1.165) is 22.2 Å². The van der Waals surface area contributed by atoms with Gasteiger partial charge in [0.25, 0.3) is 0 Å². The molecular formula is C15H18BrN3OS. The molecule has 0 aliphatic heterocycles. The maximum atomic E-state index is 11.8. The van der Waals surface area contributed by atoms with Gasteiger partial charge in [0.05, 0.1) is 6.04 Å². The molecule has 1 heterocycles. The van der Waals surface area contributed by atoms with Gasteiger partial charge in [0.2, 0.25) is 5.91 Å². The Balaban J connectivity index is 1.95. The topological polar surface area (TPSA) is 68.0 Å². The first-order valence-corrected chi connectivity index (χ1v) is 8.45. The van der Waals surface area contributed by atoms with Crippen LogP contribution < -0.4 is 11.1 Å². The maximum Gasteiger partial charge on any atom is 0.243 e. The zero-order valence-electron chi connectivity index (χ0n) is 11.8. The molecule has 1 aromatic heterocycles. The van der Waals surface area contributed by atoms with Crippen LogP contribution in [0.3, 0.4) is 0 Å². The van der Waals surface area contributed by atoms with Gasteiger partial charge in [0.1, 0.15) is 0 Å². The molecule has 1 atom stereocenters. The van der Waals surface area contributed by atoms with Gasteiger partial charge in [-0.2, -0.15) is 0 Å². The van der Waals surface area contributed by atoms with Crippen molar-refractivity contribution in [2.75, 3.05) is 5.32 Å². The van der Waals surface area contributed by atoms with Crippen LogP contribution in [0.4, 0.5) is 5.13 Å². The zero-order valence-corrected chi connectivity index (χ0v) is 14.2. The second-order valence-electron chi connectivity index (χ2n) is 4.82. The number of halogens is 1. The molecule has 1 aromatic carbocycles. The van der Waals surface area contributed by atoms with Crippen LogP contribution in [0.1, 0.15) is 30.2 Å². The molecular weight excluding hydrogens is 350 g/mol. The summed E-state index contributed by atoms with van der Waals surface area (Å²) in [5.74, 6) is -0.165. The lowest BCUT2D eigenvalue weighted by atomic mass is 10.1. The van der Waals surface area contributed by atoms with Crippen molar-refractivity contribution in [2.24, 2.45) is 5.73 Å². The highest BCUT2D eigenvalue weighted by Crippen LogP contribution is 2.22. The average Bonchev–Trinajstić information content (AvgIpc) is 2.89. The normalized spacial score (nSPS) is 12.1. The standard InChI is InChI=1S/C15H18BrN3OS/c1-2-3-13(17)14(20)19-15-18-9-12(21-15)8-10-4-6-11(16)7-5-10/h4-7,9,13H,2-3,8,17H2,1H3,(H,18,19,20). The predicted octanol–water partition coefficient (Wildman–Crippen LogP) is 3.56. The molecule has 0 aliphatic rings. The first kappa shape index (κ1) is 16.1. The van der Waals surface area contributed by atoms with Gasteiger partial charge in [-0.25, -0.2) is 4.98 Å². The lowest BCUT2D eigenvalue weighted by Gasteiger charge is -2.08. The second-order valence-corrected chi connectivity index (χ2v) is 6.85. The van der Waals surface area contributed by atoms with Gasteiger partial charge >= 0.3 is 0 Å². The van der Waals surface area contributed by atoms with Crippen LogP contribution in [0.5, 0.6) is 0 Å². The Morgan fingerprint density at radius 3 is 2.81 bits per heavy atom. The largest absolute Gasteiger partial charge is 0.320 e. The van der Waals surface area contributed by atoms with E-state index in [-0.39, 0.29) is 5.91 Å². The van der Waals surface area contributed by atoms with E-state index < -0.39 is 6.04 Å². The van der Waals surface area contributed by atoms with E-state index >= 15 is 0 Å². The van der Waals surface area contributed by atoms with E-state index in [9.17, 15) is 4.79 Å². The predicted molar refractivity (Wildman–Crippen MR) is 90.6 cm³/mol. The number of hydrogen-bond donors (Lipinski definition) is 2. The molecule has 0 saturated carbocycles. The second kappa shape index (κ2) is 7.68. The van der Waals surface area contributed by atoms with Crippen molar-refractivity contribution >= 4 is 38.3 Å². The first-order valence-electron chi connectivity index (χ1n) is 6.84. The SMILES string of the molecule is CCCC(N)C(=O)Nc1ncc(Cc2ccc(Br)cc2)s1. The Hall–Kier alpha value is -1.24. The van der Waals surface area contributed by atoms with Gasteiger partial charge in [-0.15, -0.1) is 11.3 Å². The summed E-state index contributed by atoms with van der Waals surface area (Å²) in [5, 5.41) is 3.39. The average molecular weight is 368 g/mol. The number of thiazole rings is 1. The molecule has 0 bridgehead atoms. The molecule has 0 spiro atoms. The van der Waals surface area contributed by atoms with Crippen molar-refractivity contribution in [3.05, 3.63) is 45.4 Å². The number of benzene rings is 1. The summed E-state index contributed by atoms with van der Waals surface area (Å²) < 4.78 is 1.06. The summed E-state index contributed by atoms with van der Waals surface area (Å²) in [6.45, 7) is 2.01. The molecule has 2 rings (SSSR count). The minimum absolute atomic E-state index is 0.165. The Bertz CT molecular complexity index is 597. The fourth-order valence-corrected chi connectivity index (χ4v) is 3.00. The van der Waals surface area contributed by atoms with Crippen LogP contribution in [0.25, 0.3) is 0 Å². The van der Waals surface area contributed by atoms with Crippen molar-refractivity contribution in [1.82, 2.24) is 4.98 Å². The minimum atomic E-state index is -0.464. The molecule has 21 heavy (non-hydrogen) atoms. The Labute approximate surface area is 136 Å². The fourth-order valence-electron chi connectivity index (χ4n) is 1.89. The van der Waals surface area contributed by atoms with Crippen LogP contribution in [0.2, 0.25) is 0 Å². The molecule has 1 amide bonds. The number of nitrogens with two attached hydrogens (primary N) is 1. The maximum absolute atomic E-state index is 11.8. The summed E-state index contributed by atoms with van der Waals surface area (Å²) in [7, 11) is 0. The number of carbonyl (C=O) groups is 1. The third-order valence-electron chi connectivity index (χ3n) is 3.01. The van der Waals surface area contributed by atoms with Crippen molar-refractivity contribution in [3.63, 3.8) is 0 Å². The van der Waals surface area contributed by atoms with E-state index in [1.807, 2.05) is 19.1 Å². The molecule has 6 heteroatoms. The summed E-state index contributed by atoms with van der Waals surface area (Å²) in [5.41, 5.74) is 6.99. The summed E-state index contributed by atoms with van der Waals surface area (Å²) in [6, 6.07) is 7.71. The van der Waals surface area contributed by atoms with Gasteiger partial charge in [-0.3, -0.25) is 4.79 Å². The highest BCUT2D eigenvalue weighted by molar-refractivity contribution is 9.10. The van der Waals surface area contributed by atoms with E-state index in [2.05, 4.69) is 38.4 Å². The molecule has 0 saturated heterocycles. The van der Waals surface area contributed by atoms with E-state index in [1.54, 1.807) is 6.20 Å². The van der Waals surface area contributed by atoms with Crippen molar-refractivity contribution < 1.29 is 4.79 Å². The van der Waals surface area contributed by atoms with Crippen LogP contribution in [-0.4, -0.2) is 16.9 Å². The number of aromatic nitrogens is 1. The monoisotopic (exact) mass is 367 g/mol. The summed E-state index contributed by atoms with van der Waals surface area (Å²) in [6.07, 6.45) is 4.18. The first-order chi connectivity index (χ1) is 10.1. The molecule has 1 unspecified atom stereocenters. The summed E-state index contributed by atoms with van der Waals surface area (Å²) in [4.78, 5) is 17.2. The molecule has 0 radical (unpaired) electrons. The number of nitrogens with one attached hydrogen (secondary N) is 1. The van der Waals surface area contributed by atoms with Gasteiger partial charge < -0.3 is 11.1 Å². The van der Waals surface area contributed by atoms with Crippen molar-refractivity contribution in [2.45, 2.75) is 32.2 Å². The molecule has 4 nitrogen and oxygen atoms in total. The van der Waals surface area contributed by atoms with Crippen LogP contribution in [-0.2, 0) is 11.2 Å². The number of nitrogens with zero attached hydrogens (tertiary/aromatic N) is 1. The number of carbonyl (C=O) groups excluding carboxylic acids is 1. The highest BCUT2D eigenvalue weighted by atomic mass is 79.9. The number of hydrogen-bond acceptors (Lipinski definition) is 4. The minimum Gasteiger partial charge on any atom is -0.320 e. The molecule has 112 valence electrons. The Morgan fingerprint density at radius 1 is 1.43 bits per heavy atom. The van der Waals surface area contributed by atoms with Gasteiger partial charge in [-0.05, 0) is 24.1 Å². The quantitative estimate of drug-likeness (QED) is 0.819. The van der Waals surface area contributed by atoms with Crippen molar-refractivity contribution in [3.8, 4) is 0 Å². The molecule has 0 fully saturated rings.